The van der Waals surface area contributed by atoms with E-state index in [1.54, 1.807) is 0 Å². The largest absolute Gasteiger partial charge is 0.491 e. The molecule has 1 aromatic heterocycles. The third-order valence-electron chi connectivity index (χ3n) is 7.57. The van der Waals surface area contributed by atoms with Gasteiger partial charge >= 0.3 is 0 Å². The van der Waals surface area contributed by atoms with Gasteiger partial charge in [-0.3, -0.25) is 9.69 Å². The van der Waals surface area contributed by atoms with E-state index in [1.165, 1.54) is 18.4 Å². The van der Waals surface area contributed by atoms with E-state index in [1.807, 2.05) is 59.8 Å². The number of para-hydroxylation sites is 1. The van der Waals surface area contributed by atoms with Crippen LogP contribution in [0, 0.1) is 13.8 Å². The summed E-state index contributed by atoms with van der Waals surface area (Å²) in [7, 11) is 0. The number of piperidine rings is 1. The van der Waals surface area contributed by atoms with E-state index in [4.69, 9.17) is 9.84 Å². The van der Waals surface area contributed by atoms with E-state index >= 15 is 0 Å². The van der Waals surface area contributed by atoms with Gasteiger partial charge in [-0.25, -0.2) is 4.68 Å². The molecule has 2 aliphatic heterocycles. The summed E-state index contributed by atoms with van der Waals surface area (Å²) in [6, 6.07) is 16.6. The molecule has 1 saturated heterocycles. The van der Waals surface area contributed by atoms with Crippen LogP contribution in [0.2, 0.25) is 0 Å². The van der Waals surface area contributed by atoms with Crippen molar-refractivity contribution >= 4 is 5.91 Å². The number of hydrogen-bond donors (Lipinski definition) is 1. The Morgan fingerprint density at radius 1 is 1.11 bits per heavy atom. The number of aliphatic hydroxyl groups is 1. The van der Waals surface area contributed by atoms with E-state index in [0.717, 1.165) is 53.5 Å². The Hall–Kier alpha value is -3.16. The predicted octanol–water partition coefficient (Wildman–Crippen LogP) is 3.80. The molecule has 1 amide bonds. The summed E-state index contributed by atoms with van der Waals surface area (Å²) < 4.78 is 7.93. The molecule has 0 radical (unpaired) electrons. The van der Waals surface area contributed by atoms with Crippen LogP contribution in [-0.2, 0) is 24.3 Å². The number of aryl methyl sites for hydroxylation is 1. The molecule has 0 unspecified atom stereocenters. The lowest BCUT2D eigenvalue weighted by molar-refractivity contribution is -0.131. The summed E-state index contributed by atoms with van der Waals surface area (Å²) in [5, 5.41) is 14.5. The Labute approximate surface area is 213 Å². The Morgan fingerprint density at radius 2 is 1.94 bits per heavy atom. The standard InChI is InChI=1S/C29H36N4O3/c1-21-27(22(2)33(30-21)25-8-4-3-5-9-25)17-29(35)32-14-15-36-28-12-11-23(16-24(28)19-32)18-31-13-7-6-10-26(31)20-34/h3-5,8-9,11-12,16,26,34H,6-7,10,13-15,17-20H2,1-2H3/t26-/m0/s1. The molecule has 3 heterocycles. The van der Waals surface area contributed by atoms with Crippen molar-refractivity contribution in [3.8, 4) is 11.4 Å². The molecule has 7 heteroatoms. The molecule has 0 bridgehead atoms. The van der Waals surface area contributed by atoms with Crippen molar-refractivity contribution in [3.63, 3.8) is 0 Å². The molecule has 0 aliphatic carbocycles. The molecule has 1 atom stereocenters. The molecule has 0 saturated carbocycles. The van der Waals surface area contributed by atoms with Gasteiger partial charge < -0.3 is 14.7 Å². The lowest BCUT2D eigenvalue weighted by atomic mass is 10.0. The second-order valence-corrected chi connectivity index (χ2v) is 9.98. The molecule has 1 N–H and O–H groups in total. The first-order chi connectivity index (χ1) is 17.5. The maximum Gasteiger partial charge on any atom is 0.227 e. The Morgan fingerprint density at radius 3 is 2.75 bits per heavy atom. The van der Waals surface area contributed by atoms with Crippen molar-refractivity contribution in [2.24, 2.45) is 0 Å². The van der Waals surface area contributed by atoms with Crippen LogP contribution in [-0.4, -0.2) is 62.9 Å². The van der Waals surface area contributed by atoms with E-state index in [-0.39, 0.29) is 18.6 Å². The van der Waals surface area contributed by atoms with Crippen LogP contribution >= 0.6 is 0 Å². The summed E-state index contributed by atoms with van der Waals surface area (Å²) in [5.41, 5.74) is 6.12. The van der Waals surface area contributed by atoms with Crippen molar-refractivity contribution in [1.82, 2.24) is 19.6 Å². The molecule has 7 nitrogen and oxygen atoms in total. The number of nitrogens with zero attached hydrogens (tertiary/aromatic N) is 4. The Bertz CT molecular complexity index is 1210. The monoisotopic (exact) mass is 488 g/mol. The lowest BCUT2D eigenvalue weighted by Gasteiger charge is -2.34. The Kier molecular flexibility index (Phi) is 7.39. The van der Waals surface area contributed by atoms with Crippen molar-refractivity contribution < 1.29 is 14.6 Å². The smallest absolute Gasteiger partial charge is 0.227 e. The highest BCUT2D eigenvalue weighted by molar-refractivity contribution is 5.79. The second-order valence-electron chi connectivity index (χ2n) is 9.98. The van der Waals surface area contributed by atoms with Gasteiger partial charge in [0.2, 0.25) is 5.91 Å². The quantitative estimate of drug-likeness (QED) is 0.572. The van der Waals surface area contributed by atoms with Crippen molar-refractivity contribution in [3.05, 3.63) is 76.6 Å². The summed E-state index contributed by atoms with van der Waals surface area (Å²) in [6.07, 6.45) is 3.73. The van der Waals surface area contributed by atoms with Crippen LogP contribution in [0.5, 0.6) is 5.75 Å². The van der Waals surface area contributed by atoms with Gasteiger partial charge in [-0.05, 0) is 63.1 Å². The molecule has 1 fully saturated rings. The number of rotatable bonds is 6. The second kappa shape index (κ2) is 10.8. The first-order valence-corrected chi connectivity index (χ1v) is 13.0. The normalized spacial score (nSPS) is 18.4. The van der Waals surface area contributed by atoms with Crippen molar-refractivity contribution in [1.29, 1.82) is 0 Å². The highest BCUT2D eigenvalue weighted by Crippen LogP contribution is 2.27. The first kappa shape index (κ1) is 24.5. The van der Waals surface area contributed by atoms with Gasteiger partial charge in [-0.2, -0.15) is 5.10 Å². The molecule has 5 rings (SSSR count). The third-order valence-corrected chi connectivity index (χ3v) is 7.57. The number of ether oxygens (including phenoxy) is 1. The summed E-state index contributed by atoms with van der Waals surface area (Å²) in [4.78, 5) is 17.7. The average Bonchev–Trinajstić information content (AvgIpc) is 3.06. The van der Waals surface area contributed by atoms with Crippen molar-refractivity contribution in [2.45, 2.75) is 58.7 Å². The minimum absolute atomic E-state index is 0.0899. The van der Waals surface area contributed by atoms with Gasteiger partial charge in [0, 0.05) is 36.0 Å². The highest BCUT2D eigenvalue weighted by Gasteiger charge is 2.25. The Balaban J connectivity index is 1.31. The minimum Gasteiger partial charge on any atom is -0.491 e. The van der Waals surface area contributed by atoms with E-state index in [2.05, 4.69) is 17.0 Å². The number of fused-ring (bicyclic) bond motifs is 1. The van der Waals surface area contributed by atoms with Gasteiger partial charge in [0.15, 0.2) is 0 Å². The highest BCUT2D eigenvalue weighted by atomic mass is 16.5. The zero-order chi connectivity index (χ0) is 25.1. The fourth-order valence-corrected chi connectivity index (χ4v) is 5.48. The van der Waals surface area contributed by atoms with Crippen LogP contribution in [0.1, 0.15) is 47.3 Å². The zero-order valence-corrected chi connectivity index (χ0v) is 21.3. The average molecular weight is 489 g/mol. The molecular formula is C29H36N4O3. The van der Waals surface area contributed by atoms with E-state index in [0.29, 0.717) is 26.1 Å². The number of aliphatic hydroxyl groups excluding tert-OH is 1. The van der Waals surface area contributed by atoms with Gasteiger partial charge in [-0.15, -0.1) is 0 Å². The van der Waals surface area contributed by atoms with Gasteiger partial charge in [0.1, 0.15) is 12.4 Å². The minimum atomic E-state index is 0.0899. The topological polar surface area (TPSA) is 70.8 Å². The van der Waals surface area contributed by atoms with E-state index in [9.17, 15) is 9.90 Å². The van der Waals surface area contributed by atoms with Crippen LogP contribution in [0.3, 0.4) is 0 Å². The predicted molar refractivity (Wildman–Crippen MR) is 139 cm³/mol. The maximum atomic E-state index is 13.5. The third kappa shape index (κ3) is 5.18. The number of carbonyl (C=O) groups is 1. The summed E-state index contributed by atoms with van der Waals surface area (Å²) >= 11 is 0. The fourth-order valence-electron chi connectivity index (χ4n) is 5.48. The van der Waals surface area contributed by atoms with Gasteiger partial charge in [-0.1, -0.05) is 30.7 Å². The molecular weight excluding hydrogens is 452 g/mol. The van der Waals surface area contributed by atoms with Crippen LogP contribution < -0.4 is 4.74 Å². The molecule has 190 valence electrons. The van der Waals surface area contributed by atoms with E-state index < -0.39 is 0 Å². The number of amides is 1. The molecule has 2 aliphatic rings. The molecule has 0 spiro atoms. The number of carbonyl (C=O) groups excluding carboxylic acids is 1. The van der Waals surface area contributed by atoms with Crippen molar-refractivity contribution in [2.75, 3.05) is 26.3 Å². The number of aromatic nitrogens is 2. The van der Waals surface area contributed by atoms with Crippen LogP contribution in [0.25, 0.3) is 5.69 Å². The molecule has 2 aromatic carbocycles. The van der Waals surface area contributed by atoms with Gasteiger partial charge in [0.25, 0.3) is 0 Å². The fraction of sp³-hybridized carbons (Fsp3) is 0.448. The number of hydrogen-bond acceptors (Lipinski definition) is 5. The molecule has 3 aromatic rings. The van der Waals surface area contributed by atoms with Crippen LogP contribution in [0.15, 0.2) is 48.5 Å². The maximum absolute atomic E-state index is 13.5. The number of benzene rings is 2. The summed E-state index contributed by atoms with van der Waals surface area (Å²) in [5.74, 6) is 0.947. The number of likely N-dealkylation sites (tertiary alicyclic amines) is 1. The SMILES string of the molecule is Cc1nn(-c2ccccc2)c(C)c1CC(=O)N1CCOc2ccc(CN3CCCC[C@H]3CO)cc2C1. The lowest BCUT2D eigenvalue weighted by Crippen LogP contribution is -2.41. The molecule has 36 heavy (non-hydrogen) atoms. The van der Waals surface area contributed by atoms with Crippen LogP contribution in [0.4, 0.5) is 0 Å². The van der Waals surface area contributed by atoms with Gasteiger partial charge in [0.05, 0.1) is 31.0 Å². The summed E-state index contributed by atoms with van der Waals surface area (Å²) in [6.45, 7) is 7.62. The zero-order valence-electron chi connectivity index (χ0n) is 21.3. The first-order valence-electron chi connectivity index (χ1n) is 13.0.